The van der Waals surface area contributed by atoms with Crippen molar-refractivity contribution in [3.63, 3.8) is 0 Å². The van der Waals surface area contributed by atoms with Crippen molar-refractivity contribution in [1.29, 1.82) is 0 Å². The van der Waals surface area contributed by atoms with Crippen LogP contribution in [0.5, 0.6) is 0 Å². The van der Waals surface area contributed by atoms with Crippen LogP contribution in [0.4, 0.5) is 4.39 Å². The Labute approximate surface area is 90.4 Å². The highest BCUT2D eigenvalue weighted by atomic mass is 32.1. The van der Waals surface area contributed by atoms with Crippen LogP contribution in [-0.4, -0.2) is 4.98 Å². The Kier molecular flexibility index (Phi) is 2.68. The first-order valence-corrected chi connectivity index (χ1v) is 5.50. The third-order valence-electron chi connectivity index (χ3n) is 2.16. The van der Waals surface area contributed by atoms with E-state index in [1.54, 1.807) is 12.1 Å². The van der Waals surface area contributed by atoms with Gasteiger partial charge >= 0.3 is 4.87 Å². The topological polar surface area (TPSA) is 32.9 Å². The monoisotopic (exact) mass is 223 g/mol. The molecule has 0 bridgehead atoms. The first kappa shape index (κ1) is 10.1. The number of rotatable bonds is 2. The maximum atomic E-state index is 13.0. The predicted molar refractivity (Wildman–Crippen MR) is 59.7 cm³/mol. The van der Waals surface area contributed by atoms with Crippen LogP contribution in [0.1, 0.15) is 11.8 Å². The molecule has 4 heteroatoms. The van der Waals surface area contributed by atoms with Crippen molar-refractivity contribution >= 4 is 11.3 Å². The molecule has 1 N–H and O–H groups in total. The highest BCUT2D eigenvalue weighted by Gasteiger charge is 2.08. The molecule has 0 aliphatic heterocycles. The smallest absolute Gasteiger partial charge is 0.305 e. The number of H-pyrrole nitrogens is 1. The zero-order valence-corrected chi connectivity index (χ0v) is 9.03. The second-order valence-electron chi connectivity index (χ2n) is 3.18. The van der Waals surface area contributed by atoms with Gasteiger partial charge in [0.2, 0.25) is 0 Å². The Bertz CT molecular complexity index is 529. The number of aromatic amines is 1. The Balaban J connectivity index is 2.57. The molecule has 0 aliphatic carbocycles. The van der Waals surface area contributed by atoms with E-state index >= 15 is 0 Å². The van der Waals surface area contributed by atoms with E-state index in [9.17, 15) is 9.18 Å². The Morgan fingerprint density at radius 1 is 1.47 bits per heavy atom. The van der Waals surface area contributed by atoms with E-state index in [0.717, 1.165) is 22.6 Å². The molecule has 2 nitrogen and oxygen atoms in total. The number of benzene rings is 1. The highest BCUT2D eigenvalue weighted by Crippen LogP contribution is 2.23. The second-order valence-corrected chi connectivity index (χ2v) is 4.24. The van der Waals surface area contributed by atoms with Gasteiger partial charge in [-0.2, -0.15) is 0 Å². The van der Waals surface area contributed by atoms with E-state index in [0.29, 0.717) is 0 Å². The molecule has 0 spiro atoms. The minimum atomic E-state index is -0.290. The summed E-state index contributed by atoms with van der Waals surface area (Å²) in [5.74, 6) is -0.290. The van der Waals surface area contributed by atoms with E-state index in [1.807, 2.05) is 6.92 Å². The molecule has 78 valence electrons. The molecule has 2 aromatic rings. The Hall–Kier alpha value is -1.42. The number of thiazole rings is 1. The number of hydrogen-bond donors (Lipinski definition) is 1. The molecule has 2 rings (SSSR count). The average Bonchev–Trinajstić information content (AvgIpc) is 2.59. The molecule has 1 aromatic heterocycles. The number of aryl methyl sites for hydroxylation is 1. The summed E-state index contributed by atoms with van der Waals surface area (Å²) in [4.78, 5) is 14.8. The molecule has 0 radical (unpaired) electrons. The molecule has 1 heterocycles. The summed E-state index contributed by atoms with van der Waals surface area (Å²) < 4.78 is 13.0. The first-order valence-electron chi connectivity index (χ1n) is 4.68. The van der Waals surface area contributed by atoms with Gasteiger partial charge in [-0.05, 0) is 18.6 Å². The van der Waals surface area contributed by atoms with Crippen LogP contribution >= 0.6 is 11.3 Å². The largest absolute Gasteiger partial charge is 0.312 e. The van der Waals surface area contributed by atoms with Crippen molar-refractivity contribution in [3.05, 3.63) is 44.6 Å². The molecule has 0 saturated heterocycles. The number of nitrogens with one attached hydrogen (secondary N) is 1. The molecular formula is C11H10FNOS. The van der Waals surface area contributed by atoms with Gasteiger partial charge in [0.15, 0.2) is 0 Å². The van der Waals surface area contributed by atoms with Crippen LogP contribution in [0.3, 0.4) is 0 Å². The molecule has 0 aliphatic rings. The van der Waals surface area contributed by atoms with Crippen LogP contribution in [0, 0.1) is 5.82 Å². The van der Waals surface area contributed by atoms with Crippen LogP contribution in [0.25, 0.3) is 11.3 Å². The lowest BCUT2D eigenvalue weighted by atomic mass is 10.1. The third kappa shape index (κ3) is 1.99. The molecule has 0 saturated carbocycles. The van der Waals surface area contributed by atoms with Crippen molar-refractivity contribution in [3.8, 4) is 11.3 Å². The second kappa shape index (κ2) is 3.98. The lowest BCUT2D eigenvalue weighted by Crippen LogP contribution is -1.92. The summed E-state index contributed by atoms with van der Waals surface area (Å²) in [5, 5.41) is 0. The fraction of sp³-hybridized carbons (Fsp3) is 0.182. The maximum Gasteiger partial charge on any atom is 0.305 e. The minimum absolute atomic E-state index is 0.0916. The van der Waals surface area contributed by atoms with E-state index in [-0.39, 0.29) is 10.7 Å². The van der Waals surface area contributed by atoms with E-state index in [2.05, 4.69) is 4.98 Å². The molecule has 0 unspecified atom stereocenters. The minimum Gasteiger partial charge on any atom is -0.312 e. The van der Waals surface area contributed by atoms with Crippen LogP contribution < -0.4 is 4.87 Å². The molecule has 0 amide bonds. The van der Waals surface area contributed by atoms with Gasteiger partial charge in [-0.3, -0.25) is 4.79 Å². The van der Waals surface area contributed by atoms with Crippen molar-refractivity contribution < 1.29 is 4.39 Å². The van der Waals surface area contributed by atoms with Crippen molar-refractivity contribution in [2.24, 2.45) is 0 Å². The van der Waals surface area contributed by atoms with Gasteiger partial charge in [-0.15, -0.1) is 0 Å². The fourth-order valence-electron chi connectivity index (χ4n) is 1.49. The summed E-state index contributed by atoms with van der Waals surface area (Å²) in [6.07, 6.45) is 0.773. The van der Waals surface area contributed by atoms with Gasteiger partial charge in [0, 0.05) is 10.4 Å². The normalized spacial score (nSPS) is 10.5. The van der Waals surface area contributed by atoms with Crippen LogP contribution in [0.2, 0.25) is 0 Å². The van der Waals surface area contributed by atoms with Crippen molar-refractivity contribution in [1.82, 2.24) is 4.98 Å². The number of aromatic nitrogens is 1. The van der Waals surface area contributed by atoms with E-state index in [4.69, 9.17) is 0 Å². The fourth-order valence-corrected chi connectivity index (χ4v) is 2.28. The summed E-state index contributed by atoms with van der Waals surface area (Å²) in [5.41, 5.74) is 1.47. The maximum absolute atomic E-state index is 13.0. The van der Waals surface area contributed by atoms with Gasteiger partial charge in [-0.1, -0.05) is 30.4 Å². The van der Waals surface area contributed by atoms with Gasteiger partial charge in [0.05, 0.1) is 5.69 Å². The molecular weight excluding hydrogens is 213 g/mol. The zero-order chi connectivity index (χ0) is 10.8. The standard InChI is InChI=1S/C11H10FNOS/c1-2-9-10(13-11(14)15-9)7-4-3-5-8(12)6-7/h3-6H,2H2,1H3,(H,13,14). The molecule has 0 fully saturated rings. The first-order chi connectivity index (χ1) is 7.20. The summed E-state index contributed by atoms with van der Waals surface area (Å²) in [6.45, 7) is 1.97. The summed E-state index contributed by atoms with van der Waals surface area (Å²) in [6, 6.07) is 6.25. The number of halogens is 1. The number of hydrogen-bond acceptors (Lipinski definition) is 2. The molecule has 0 atom stereocenters. The molecule has 15 heavy (non-hydrogen) atoms. The van der Waals surface area contributed by atoms with E-state index in [1.165, 1.54) is 23.5 Å². The van der Waals surface area contributed by atoms with Crippen LogP contribution in [0.15, 0.2) is 29.1 Å². The van der Waals surface area contributed by atoms with Crippen molar-refractivity contribution in [2.45, 2.75) is 13.3 Å². The van der Waals surface area contributed by atoms with Gasteiger partial charge in [0.1, 0.15) is 5.82 Å². The Morgan fingerprint density at radius 3 is 2.93 bits per heavy atom. The van der Waals surface area contributed by atoms with E-state index < -0.39 is 0 Å². The molecule has 1 aromatic carbocycles. The highest BCUT2D eigenvalue weighted by molar-refractivity contribution is 7.09. The lowest BCUT2D eigenvalue weighted by Gasteiger charge is -2.00. The predicted octanol–water partition coefficient (Wildman–Crippen LogP) is 2.80. The van der Waals surface area contributed by atoms with Crippen LogP contribution in [-0.2, 0) is 6.42 Å². The van der Waals surface area contributed by atoms with Gasteiger partial charge in [0.25, 0.3) is 0 Å². The van der Waals surface area contributed by atoms with Gasteiger partial charge < -0.3 is 4.98 Å². The summed E-state index contributed by atoms with van der Waals surface area (Å²) >= 11 is 1.18. The summed E-state index contributed by atoms with van der Waals surface area (Å²) in [7, 11) is 0. The van der Waals surface area contributed by atoms with Gasteiger partial charge in [-0.25, -0.2) is 4.39 Å². The lowest BCUT2D eigenvalue weighted by molar-refractivity contribution is 0.628. The third-order valence-corrected chi connectivity index (χ3v) is 3.18. The zero-order valence-electron chi connectivity index (χ0n) is 8.21. The Morgan fingerprint density at radius 2 is 2.27 bits per heavy atom. The van der Waals surface area contributed by atoms with Crippen molar-refractivity contribution in [2.75, 3.05) is 0 Å². The average molecular weight is 223 g/mol. The SMILES string of the molecule is CCc1sc(=O)[nH]c1-c1cccc(F)c1. The quantitative estimate of drug-likeness (QED) is 0.834.